The molecule has 19 N–H and O–H groups in total. The molecule has 92 heavy (non-hydrogen) atoms. The van der Waals surface area contributed by atoms with Gasteiger partial charge in [-0.25, -0.2) is 4.79 Å². The molecule has 10 fully saturated rings. The van der Waals surface area contributed by atoms with Crippen molar-refractivity contribution >= 4 is 23.7 Å². The van der Waals surface area contributed by atoms with Gasteiger partial charge in [0.25, 0.3) is 0 Å². The summed E-state index contributed by atoms with van der Waals surface area (Å²) in [7, 11) is 0. The number of esters is 2. The van der Waals surface area contributed by atoms with Crippen molar-refractivity contribution in [1.82, 2.24) is 0 Å². The van der Waals surface area contributed by atoms with Crippen molar-refractivity contribution in [2.24, 2.45) is 23.7 Å². The Bertz CT molecular complexity index is 2460. The number of hydrogen-bond donors (Lipinski definition) is 19. The Morgan fingerprint density at radius 2 is 1.03 bits per heavy atom. The zero-order valence-corrected chi connectivity index (χ0v) is 49.7. The van der Waals surface area contributed by atoms with Gasteiger partial charge in [-0.2, -0.15) is 0 Å². The molecule has 6 saturated heterocycles. The van der Waals surface area contributed by atoms with Gasteiger partial charge in [0.15, 0.2) is 43.2 Å². The number of aliphatic hydroxyl groups excluding tert-OH is 18. The Kier molecular flexibility index (Phi) is 23.7. The maximum atomic E-state index is 14.9. The van der Waals surface area contributed by atoms with Gasteiger partial charge in [-0.1, -0.05) is 0 Å². The number of carboxylic acids is 1. The molecule has 35 heteroatoms. The molecule has 526 valence electrons. The van der Waals surface area contributed by atoms with Crippen LogP contribution in [0.1, 0.15) is 83.5 Å². The molecule has 6 aliphatic heterocycles. The molecule has 10 aliphatic rings. The fourth-order valence-electron chi connectivity index (χ4n) is 14.9. The number of carboxylic acid groups (broad SMARTS) is 1. The van der Waals surface area contributed by atoms with Crippen LogP contribution in [0.2, 0.25) is 0 Å². The first-order valence-electron chi connectivity index (χ1n) is 31.4. The molecule has 0 bridgehead atoms. The van der Waals surface area contributed by atoms with Gasteiger partial charge in [0.05, 0.1) is 92.4 Å². The number of hydrogen-bond acceptors (Lipinski definition) is 34. The highest BCUT2D eigenvalue weighted by Gasteiger charge is 2.60. The fraction of sp³-hybridized carbons (Fsp3) is 0.930. The number of ketones is 1. The number of aliphatic hydroxyl groups is 18. The smallest absolute Gasteiger partial charge is 0.335 e. The molecule has 0 aromatic heterocycles. The van der Waals surface area contributed by atoms with E-state index in [1.54, 1.807) is 0 Å². The van der Waals surface area contributed by atoms with E-state index in [9.17, 15) is 116 Å². The first-order valence-corrected chi connectivity index (χ1v) is 31.4. The monoisotopic (exact) mass is 1330 g/mol. The predicted octanol–water partition coefficient (Wildman–Crippen LogP) is -9.58. The van der Waals surface area contributed by atoms with Crippen LogP contribution in [0.4, 0.5) is 0 Å². The van der Waals surface area contributed by atoms with E-state index in [1.807, 2.05) is 0 Å². The minimum Gasteiger partial charge on any atom is -0.479 e. The Labute approximate surface area is 524 Å². The number of ether oxygens (including phenoxy) is 12. The number of carbonyl (C=O) groups excluding carboxylic acids is 3. The zero-order chi connectivity index (χ0) is 66.5. The molecule has 0 spiro atoms. The van der Waals surface area contributed by atoms with E-state index in [2.05, 4.69) is 0 Å². The van der Waals surface area contributed by atoms with Crippen LogP contribution >= 0.6 is 0 Å². The topological polar surface area (TPSA) is 563 Å². The van der Waals surface area contributed by atoms with Gasteiger partial charge in [-0.15, -0.1) is 0 Å². The standard InChI is InChI=1S/C57H88O35/c58-14-30-36(68)40(72)46(78)55(86-30)92-52-42(74)37(69)31(15-59)87-57(52)90-49-39(71)35-26(65)10-21(11-28(35)84-48(49)17-1-4-19(60)5-2-17)82-56-51(44(76)43(75)50(91-56)53(79)80)89-34(67)13-33(66)81-16-32-38(70)41(73)45(77)54(88-32)85-29-12-22-24(63)8-20(61)9-27(22)83-47(29)18-3-6-23(62)25(64)7-18/h17-32,35-38,40-52,54-65,68-70,72-78H,1-16H2,(H,79,80). The molecule has 0 aromatic carbocycles. The van der Waals surface area contributed by atoms with Gasteiger partial charge < -0.3 is 154 Å². The van der Waals surface area contributed by atoms with Crippen LogP contribution in [0, 0.1) is 23.7 Å². The van der Waals surface area contributed by atoms with E-state index in [-0.39, 0.29) is 64.2 Å². The molecule has 35 atom stereocenters. The van der Waals surface area contributed by atoms with Crippen LogP contribution < -0.4 is 0 Å². The number of Topliss-reactive ketones (excluding diaryl/α,β-unsaturated/α-hetero) is 1. The van der Waals surface area contributed by atoms with Gasteiger partial charge in [0.1, 0.15) is 105 Å². The highest BCUT2D eigenvalue weighted by Crippen LogP contribution is 2.46. The molecule has 10 rings (SSSR count). The summed E-state index contributed by atoms with van der Waals surface area (Å²) < 4.78 is 70.9. The van der Waals surface area contributed by atoms with E-state index in [0.717, 1.165) is 0 Å². The first kappa shape index (κ1) is 71.7. The molecule has 4 aliphatic carbocycles. The van der Waals surface area contributed by atoms with Crippen molar-refractivity contribution in [3.8, 4) is 0 Å². The molecule has 0 amide bonds. The lowest BCUT2D eigenvalue weighted by Crippen LogP contribution is -2.67. The summed E-state index contributed by atoms with van der Waals surface area (Å²) in [6.45, 7) is -2.68. The van der Waals surface area contributed by atoms with Gasteiger partial charge >= 0.3 is 17.9 Å². The number of carbonyl (C=O) groups is 4. The molecule has 6 heterocycles. The van der Waals surface area contributed by atoms with Crippen molar-refractivity contribution in [2.45, 2.75) is 286 Å². The molecular weight excluding hydrogens is 1240 g/mol. The number of fused-ring (bicyclic) bond motifs is 2. The van der Waals surface area contributed by atoms with E-state index in [0.29, 0.717) is 6.42 Å². The summed E-state index contributed by atoms with van der Waals surface area (Å²) in [5.74, 6) is -8.50. The normalized spacial score (nSPS) is 51.0. The number of aliphatic carboxylic acids is 1. The van der Waals surface area contributed by atoms with Gasteiger partial charge in [0, 0.05) is 18.8 Å². The van der Waals surface area contributed by atoms with Gasteiger partial charge in [0.2, 0.25) is 0 Å². The second-order valence-electron chi connectivity index (χ2n) is 26.2. The summed E-state index contributed by atoms with van der Waals surface area (Å²) in [5, 5.41) is 204. The van der Waals surface area contributed by atoms with Crippen molar-refractivity contribution < 1.29 is 173 Å². The van der Waals surface area contributed by atoms with Crippen LogP contribution in [0.15, 0.2) is 0 Å². The zero-order valence-electron chi connectivity index (χ0n) is 49.7. The summed E-state index contributed by atoms with van der Waals surface area (Å²) in [5.41, 5.74) is 0. The summed E-state index contributed by atoms with van der Waals surface area (Å²) in [6, 6.07) is 0. The molecule has 35 nitrogen and oxygen atoms in total. The minimum atomic E-state index is -2.30. The lowest BCUT2D eigenvalue weighted by Gasteiger charge is -2.51. The minimum absolute atomic E-state index is 0.0445. The molecular formula is C57H88O35. The molecule has 35 unspecified atom stereocenters. The average molecular weight is 1330 g/mol. The lowest BCUT2D eigenvalue weighted by molar-refractivity contribution is -0.375. The second kappa shape index (κ2) is 30.4. The summed E-state index contributed by atoms with van der Waals surface area (Å²) in [6.07, 6.45) is -53.5. The van der Waals surface area contributed by atoms with Crippen LogP contribution in [-0.2, 0) is 76.0 Å². The Morgan fingerprint density at radius 3 is 1.68 bits per heavy atom. The van der Waals surface area contributed by atoms with Gasteiger partial charge in [-0.3, -0.25) is 14.4 Å². The Hall–Kier alpha value is -3.04. The Morgan fingerprint density at radius 1 is 0.446 bits per heavy atom. The Balaban J connectivity index is 0.795. The van der Waals surface area contributed by atoms with Crippen LogP contribution in [0.5, 0.6) is 0 Å². The molecule has 4 saturated carbocycles. The third kappa shape index (κ3) is 15.3. The van der Waals surface area contributed by atoms with E-state index < -0.39 is 282 Å². The average Bonchev–Trinajstić information content (AvgIpc) is 0.901. The maximum Gasteiger partial charge on any atom is 0.335 e. The van der Waals surface area contributed by atoms with Crippen LogP contribution in [0.3, 0.4) is 0 Å². The van der Waals surface area contributed by atoms with Crippen molar-refractivity contribution in [1.29, 1.82) is 0 Å². The first-order chi connectivity index (χ1) is 43.7. The predicted molar refractivity (Wildman–Crippen MR) is 289 cm³/mol. The quantitative estimate of drug-likeness (QED) is 0.0448. The maximum absolute atomic E-state index is 14.9. The SMILES string of the molecule is O=C(CC(=O)OC1C(OC2CC(O)C3C(=O)C(OC4OC(CO)C(O)C(O)C4OC4OC(CO)C(O)C(O)C4O)C(C4CCC(O)CC4)OC3C2)OC(C(=O)O)C(O)C1O)OCC1OC(OC2CC3C(O)CC(O)CC3OC2C2CCC(O)C(O)C2)C(O)C(O)C1O. The summed E-state index contributed by atoms with van der Waals surface area (Å²) >= 11 is 0. The van der Waals surface area contributed by atoms with E-state index >= 15 is 0 Å². The highest BCUT2D eigenvalue weighted by molar-refractivity contribution is 5.91. The van der Waals surface area contributed by atoms with Crippen molar-refractivity contribution in [3.63, 3.8) is 0 Å². The van der Waals surface area contributed by atoms with Crippen molar-refractivity contribution in [2.75, 3.05) is 19.8 Å². The molecule has 0 aromatic rings. The van der Waals surface area contributed by atoms with Gasteiger partial charge in [-0.05, 0) is 76.0 Å². The fourth-order valence-corrected chi connectivity index (χ4v) is 14.9. The van der Waals surface area contributed by atoms with E-state index in [4.69, 9.17) is 56.8 Å². The second-order valence-corrected chi connectivity index (χ2v) is 26.2. The largest absolute Gasteiger partial charge is 0.479 e. The van der Waals surface area contributed by atoms with Crippen molar-refractivity contribution in [3.05, 3.63) is 0 Å². The van der Waals surface area contributed by atoms with E-state index in [1.165, 1.54) is 0 Å². The lowest BCUT2D eigenvalue weighted by atomic mass is 9.72. The number of rotatable bonds is 18. The third-order valence-electron chi connectivity index (χ3n) is 20.0. The van der Waals surface area contributed by atoms with Crippen LogP contribution in [-0.4, -0.2) is 343 Å². The summed E-state index contributed by atoms with van der Waals surface area (Å²) in [4.78, 5) is 54.1. The van der Waals surface area contributed by atoms with Crippen LogP contribution in [0.25, 0.3) is 0 Å². The molecule has 0 radical (unpaired) electrons. The highest BCUT2D eigenvalue weighted by atomic mass is 16.8. The third-order valence-corrected chi connectivity index (χ3v) is 20.0.